The topological polar surface area (TPSA) is 87.1 Å². The van der Waals surface area contributed by atoms with Crippen molar-refractivity contribution in [2.24, 2.45) is 0 Å². The Morgan fingerprint density at radius 1 is 1.18 bits per heavy atom. The molecule has 180 valence electrons. The first-order chi connectivity index (χ1) is 16.0. The number of hydrogen-bond acceptors (Lipinski definition) is 6. The minimum Gasteiger partial charge on any atom is -0.459 e. The molecule has 1 aromatic heterocycles. The number of aryl methyl sites for hydroxylation is 1. The third-order valence-electron chi connectivity index (χ3n) is 6.11. The average molecular weight is 474 g/mol. The van der Waals surface area contributed by atoms with Crippen molar-refractivity contribution in [3.63, 3.8) is 0 Å². The summed E-state index contributed by atoms with van der Waals surface area (Å²) in [5.74, 6) is -0.243. The Morgan fingerprint density at radius 3 is 2.70 bits per heavy atom. The molecule has 0 aliphatic carbocycles. The Hall–Kier alpha value is -2.22. The van der Waals surface area contributed by atoms with Crippen molar-refractivity contribution in [1.29, 1.82) is 0 Å². The van der Waals surface area contributed by atoms with E-state index in [1.165, 1.54) is 11.3 Å². The molecule has 1 amide bonds. The highest BCUT2D eigenvalue weighted by molar-refractivity contribution is 7.13. The van der Waals surface area contributed by atoms with Crippen LogP contribution in [0.4, 0.5) is 5.69 Å². The van der Waals surface area contributed by atoms with Gasteiger partial charge in [-0.1, -0.05) is 38.3 Å². The van der Waals surface area contributed by atoms with Crippen molar-refractivity contribution in [3.05, 3.63) is 51.7 Å². The normalized spacial score (nSPS) is 16.9. The van der Waals surface area contributed by atoms with Gasteiger partial charge < -0.3 is 19.8 Å². The SMILES string of the molecule is CCCCCC(O)c1ccc(N2C(=O)CC[C@H]2CCCc2ccc(C(=O)OCCO)s2)cc1. The maximum Gasteiger partial charge on any atom is 0.348 e. The Bertz CT molecular complexity index is 894. The number of aliphatic hydroxyl groups excluding tert-OH is 2. The molecular weight excluding hydrogens is 438 g/mol. The molecule has 1 fully saturated rings. The largest absolute Gasteiger partial charge is 0.459 e. The molecule has 2 N–H and O–H groups in total. The molecule has 1 unspecified atom stereocenters. The number of aliphatic hydroxyl groups is 2. The molecular formula is C26H35NO5S. The van der Waals surface area contributed by atoms with E-state index in [1.807, 2.05) is 35.2 Å². The van der Waals surface area contributed by atoms with E-state index < -0.39 is 12.1 Å². The van der Waals surface area contributed by atoms with Gasteiger partial charge in [-0.3, -0.25) is 4.79 Å². The summed E-state index contributed by atoms with van der Waals surface area (Å²) < 4.78 is 4.96. The van der Waals surface area contributed by atoms with E-state index in [9.17, 15) is 14.7 Å². The molecule has 0 bridgehead atoms. The average Bonchev–Trinajstić information content (AvgIpc) is 3.44. The van der Waals surface area contributed by atoms with Gasteiger partial charge >= 0.3 is 5.97 Å². The van der Waals surface area contributed by atoms with Gasteiger partial charge in [-0.05, 0) is 61.9 Å². The highest BCUT2D eigenvalue weighted by Crippen LogP contribution is 2.31. The van der Waals surface area contributed by atoms with Gasteiger partial charge in [-0.15, -0.1) is 11.3 Å². The van der Waals surface area contributed by atoms with E-state index >= 15 is 0 Å². The molecule has 1 aliphatic heterocycles. The van der Waals surface area contributed by atoms with E-state index in [4.69, 9.17) is 9.84 Å². The number of thiophene rings is 1. The number of anilines is 1. The summed E-state index contributed by atoms with van der Waals surface area (Å²) in [6.07, 6.45) is 7.67. The molecule has 2 atom stereocenters. The summed E-state index contributed by atoms with van der Waals surface area (Å²) in [7, 11) is 0. The van der Waals surface area contributed by atoms with E-state index in [0.717, 1.165) is 67.5 Å². The number of rotatable bonds is 13. The molecule has 0 spiro atoms. The van der Waals surface area contributed by atoms with Crippen LogP contribution < -0.4 is 4.90 Å². The number of esters is 1. The zero-order chi connectivity index (χ0) is 23.6. The van der Waals surface area contributed by atoms with Crippen LogP contribution in [0.15, 0.2) is 36.4 Å². The molecule has 2 heterocycles. The summed E-state index contributed by atoms with van der Waals surface area (Å²) in [6, 6.07) is 11.7. The smallest absolute Gasteiger partial charge is 0.348 e. The molecule has 0 saturated carbocycles. The zero-order valence-electron chi connectivity index (χ0n) is 19.4. The van der Waals surface area contributed by atoms with Crippen LogP contribution in [-0.4, -0.2) is 41.3 Å². The van der Waals surface area contributed by atoms with E-state index in [0.29, 0.717) is 11.3 Å². The molecule has 3 rings (SSSR count). The minimum atomic E-state index is -0.452. The molecule has 2 aromatic rings. The lowest BCUT2D eigenvalue weighted by molar-refractivity contribution is -0.117. The zero-order valence-corrected chi connectivity index (χ0v) is 20.2. The Morgan fingerprint density at radius 2 is 1.97 bits per heavy atom. The maximum atomic E-state index is 12.6. The number of hydrogen-bond donors (Lipinski definition) is 2. The number of benzene rings is 1. The Kier molecular flexibility index (Phi) is 9.91. The van der Waals surface area contributed by atoms with Crippen molar-refractivity contribution in [3.8, 4) is 0 Å². The first-order valence-electron chi connectivity index (χ1n) is 12.0. The maximum absolute atomic E-state index is 12.6. The van der Waals surface area contributed by atoms with Crippen molar-refractivity contribution in [2.75, 3.05) is 18.1 Å². The highest BCUT2D eigenvalue weighted by Gasteiger charge is 2.31. The summed E-state index contributed by atoms with van der Waals surface area (Å²) in [4.78, 5) is 28.0. The van der Waals surface area contributed by atoms with Gasteiger partial charge in [-0.2, -0.15) is 0 Å². The second kappa shape index (κ2) is 12.9. The first kappa shape index (κ1) is 25.4. The van der Waals surface area contributed by atoms with Gasteiger partial charge in [0, 0.05) is 23.0 Å². The Labute approximate surface area is 200 Å². The van der Waals surface area contributed by atoms with Crippen molar-refractivity contribution in [1.82, 2.24) is 0 Å². The lowest BCUT2D eigenvalue weighted by Crippen LogP contribution is -2.32. The fourth-order valence-corrected chi connectivity index (χ4v) is 5.27. The fraction of sp³-hybridized carbons (Fsp3) is 0.538. The van der Waals surface area contributed by atoms with Gasteiger partial charge in [0.05, 0.1) is 12.7 Å². The molecule has 0 radical (unpaired) electrons. The fourth-order valence-electron chi connectivity index (χ4n) is 4.33. The number of unbranched alkanes of at least 4 members (excludes halogenated alkanes) is 2. The number of ether oxygens (including phenoxy) is 1. The van der Waals surface area contributed by atoms with Crippen LogP contribution in [0.5, 0.6) is 0 Å². The second-order valence-electron chi connectivity index (χ2n) is 8.58. The predicted molar refractivity (Wildman–Crippen MR) is 131 cm³/mol. The lowest BCUT2D eigenvalue weighted by atomic mass is 10.0. The van der Waals surface area contributed by atoms with Gasteiger partial charge in [0.1, 0.15) is 11.5 Å². The third-order valence-corrected chi connectivity index (χ3v) is 7.24. The van der Waals surface area contributed by atoms with Crippen LogP contribution >= 0.6 is 11.3 Å². The molecule has 1 aromatic carbocycles. The van der Waals surface area contributed by atoms with Gasteiger partial charge in [-0.25, -0.2) is 4.79 Å². The molecule has 1 aliphatic rings. The quantitative estimate of drug-likeness (QED) is 0.315. The van der Waals surface area contributed by atoms with Crippen LogP contribution in [0.3, 0.4) is 0 Å². The van der Waals surface area contributed by atoms with Gasteiger partial charge in [0.15, 0.2) is 0 Å². The number of amides is 1. The van der Waals surface area contributed by atoms with Crippen LogP contribution in [-0.2, 0) is 16.0 Å². The van der Waals surface area contributed by atoms with E-state index in [1.54, 1.807) is 6.07 Å². The summed E-state index contributed by atoms with van der Waals surface area (Å²) >= 11 is 1.42. The number of carbonyl (C=O) groups excluding carboxylic acids is 2. The predicted octanol–water partition coefficient (Wildman–Crippen LogP) is 5.03. The summed E-state index contributed by atoms with van der Waals surface area (Å²) in [5.41, 5.74) is 1.81. The van der Waals surface area contributed by atoms with Crippen LogP contribution in [0.1, 0.15) is 84.5 Å². The lowest BCUT2D eigenvalue weighted by Gasteiger charge is -2.25. The number of carbonyl (C=O) groups is 2. The standard InChI is InChI=1S/C26H35NO5S/c1-2-3-4-8-23(29)19-9-11-21(12-10-19)27-20(13-16-25(27)30)6-5-7-22-14-15-24(33-22)26(31)32-18-17-28/h9-12,14-15,20,23,28-29H,2-8,13,16-18H2,1H3/t20-,23?/m1/s1. The first-order valence-corrected chi connectivity index (χ1v) is 12.8. The highest BCUT2D eigenvalue weighted by atomic mass is 32.1. The van der Waals surface area contributed by atoms with Crippen molar-refractivity contribution >= 4 is 28.9 Å². The molecule has 6 nitrogen and oxygen atoms in total. The molecule has 33 heavy (non-hydrogen) atoms. The number of nitrogens with zero attached hydrogens (tertiary/aromatic N) is 1. The van der Waals surface area contributed by atoms with Crippen LogP contribution in [0.2, 0.25) is 0 Å². The van der Waals surface area contributed by atoms with Gasteiger partial charge in [0.2, 0.25) is 5.91 Å². The van der Waals surface area contributed by atoms with Crippen molar-refractivity contribution < 1.29 is 24.5 Å². The monoisotopic (exact) mass is 473 g/mol. The molecule has 7 heteroatoms. The second-order valence-corrected chi connectivity index (χ2v) is 9.75. The third kappa shape index (κ3) is 7.13. The van der Waals surface area contributed by atoms with Gasteiger partial charge in [0.25, 0.3) is 0 Å². The minimum absolute atomic E-state index is 0.0103. The van der Waals surface area contributed by atoms with Crippen molar-refractivity contribution in [2.45, 2.75) is 76.9 Å². The Balaban J connectivity index is 1.53. The summed E-state index contributed by atoms with van der Waals surface area (Å²) in [6.45, 7) is 1.98. The molecule has 1 saturated heterocycles. The van der Waals surface area contributed by atoms with Crippen LogP contribution in [0.25, 0.3) is 0 Å². The summed E-state index contributed by atoms with van der Waals surface area (Å²) in [5, 5.41) is 19.2. The van der Waals surface area contributed by atoms with Crippen LogP contribution in [0, 0.1) is 0 Å². The van der Waals surface area contributed by atoms with E-state index in [2.05, 4.69) is 6.92 Å². The van der Waals surface area contributed by atoms with E-state index in [-0.39, 0.29) is 25.2 Å².